The summed E-state index contributed by atoms with van der Waals surface area (Å²) in [6.07, 6.45) is 0. The summed E-state index contributed by atoms with van der Waals surface area (Å²) in [4.78, 5) is -0.399. The summed E-state index contributed by atoms with van der Waals surface area (Å²) >= 11 is 15.5. The summed E-state index contributed by atoms with van der Waals surface area (Å²) in [5.41, 5.74) is 1.24. The van der Waals surface area contributed by atoms with Gasteiger partial charge in [-0.2, -0.15) is 8.78 Å². The molecular weight excluding hydrogens is 373 g/mol. The van der Waals surface area contributed by atoms with Crippen LogP contribution in [-0.4, -0.2) is 6.61 Å². The van der Waals surface area contributed by atoms with Crippen molar-refractivity contribution in [3.63, 3.8) is 0 Å². The van der Waals surface area contributed by atoms with E-state index in [-0.39, 0.29) is 5.75 Å². The first-order valence-corrected chi connectivity index (χ1v) is 7.29. The zero-order chi connectivity index (χ0) is 14.7. The van der Waals surface area contributed by atoms with Crippen LogP contribution in [0, 0.1) is 0 Å². The summed E-state index contributed by atoms with van der Waals surface area (Å²) in [6, 6.07) is 11.5. The lowest BCUT2D eigenvalue weighted by atomic mass is 10.0. The van der Waals surface area contributed by atoms with Crippen LogP contribution in [0.4, 0.5) is 8.78 Å². The van der Waals surface area contributed by atoms with Gasteiger partial charge in [-0.3, -0.25) is 0 Å². The summed E-state index contributed by atoms with van der Waals surface area (Å²) in [6.45, 7) is -2.88. The van der Waals surface area contributed by atoms with Crippen LogP contribution in [0.2, 0.25) is 10.0 Å². The standard InChI is InChI=1S/C14H9BrCl2F2O/c15-13(10-7-8(16)5-6-11(10)17)9-3-1-2-4-12(9)20-14(18)19/h1-7,13-14H. The molecule has 1 nitrogen and oxygen atoms in total. The van der Waals surface area contributed by atoms with E-state index in [1.54, 1.807) is 36.4 Å². The van der Waals surface area contributed by atoms with Gasteiger partial charge in [-0.25, -0.2) is 0 Å². The van der Waals surface area contributed by atoms with Gasteiger partial charge in [-0.05, 0) is 29.8 Å². The highest BCUT2D eigenvalue weighted by Gasteiger charge is 2.19. The number of hydrogen-bond acceptors (Lipinski definition) is 1. The summed E-state index contributed by atoms with van der Waals surface area (Å²) < 4.78 is 29.4. The van der Waals surface area contributed by atoms with Crippen molar-refractivity contribution in [3.8, 4) is 5.75 Å². The van der Waals surface area contributed by atoms with Crippen LogP contribution in [0.3, 0.4) is 0 Å². The average molecular weight is 382 g/mol. The minimum atomic E-state index is -2.88. The minimum Gasteiger partial charge on any atom is -0.434 e. The first kappa shape index (κ1) is 15.5. The van der Waals surface area contributed by atoms with Crippen LogP contribution >= 0.6 is 39.1 Å². The Hall–Kier alpha value is -0.840. The highest BCUT2D eigenvalue weighted by Crippen LogP contribution is 2.40. The Morgan fingerprint density at radius 1 is 1.00 bits per heavy atom. The molecule has 2 rings (SSSR count). The zero-order valence-corrected chi connectivity index (χ0v) is 13.1. The van der Waals surface area contributed by atoms with Gasteiger partial charge in [-0.1, -0.05) is 57.3 Å². The molecule has 1 unspecified atom stereocenters. The molecule has 2 aromatic carbocycles. The second kappa shape index (κ2) is 6.74. The monoisotopic (exact) mass is 380 g/mol. The van der Waals surface area contributed by atoms with E-state index in [0.29, 0.717) is 21.2 Å². The quantitative estimate of drug-likeness (QED) is 0.583. The van der Waals surface area contributed by atoms with Gasteiger partial charge in [0.15, 0.2) is 0 Å². The molecule has 1 atom stereocenters. The number of rotatable bonds is 4. The first-order valence-electron chi connectivity index (χ1n) is 5.62. The van der Waals surface area contributed by atoms with Crippen LogP contribution in [0.15, 0.2) is 42.5 Å². The van der Waals surface area contributed by atoms with E-state index >= 15 is 0 Å². The Morgan fingerprint density at radius 3 is 2.40 bits per heavy atom. The Kier molecular flexibility index (Phi) is 5.24. The molecule has 20 heavy (non-hydrogen) atoms. The van der Waals surface area contributed by atoms with Gasteiger partial charge in [0.2, 0.25) is 0 Å². The fourth-order valence-electron chi connectivity index (χ4n) is 1.77. The third-order valence-corrected chi connectivity index (χ3v) is 4.21. The third-order valence-electron chi connectivity index (χ3n) is 2.64. The Morgan fingerprint density at radius 2 is 1.70 bits per heavy atom. The normalized spacial score (nSPS) is 12.5. The lowest BCUT2D eigenvalue weighted by Crippen LogP contribution is -2.05. The van der Waals surface area contributed by atoms with Crippen molar-refractivity contribution >= 4 is 39.1 Å². The maximum atomic E-state index is 12.4. The predicted octanol–water partition coefficient (Wildman–Crippen LogP) is 6.08. The van der Waals surface area contributed by atoms with Crippen LogP contribution in [-0.2, 0) is 0 Å². The van der Waals surface area contributed by atoms with Crippen molar-refractivity contribution in [1.29, 1.82) is 0 Å². The van der Waals surface area contributed by atoms with Crippen molar-refractivity contribution < 1.29 is 13.5 Å². The van der Waals surface area contributed by atoms with Gasteiger partial charge in [-0.15, -0.1) is 0 Å². The van der Waals surface area contributed by atoms with Crippen LogP contribution in [0.1, 0.15) is 16.0 Å². The highest BCUT2D eigenvalue weighted by molar-refractivity contribution is 9.09. The molecule has 0 aromatic heterocycles. The van der Waals surface area contributed by atoms with E-state index in [0.717, 1.165) is 0 Å². The fraction of sp³-hybridized carbons (Fsp3) is 0.143. The molecule has 2 aromatic rings. The summed E-state index contributed by atoms with van der Waals surface area (Å²) in [7, 11) is 0. The minimum absolute atomic E-state index is 0.0976. The second-order valence-electron chi connectivity index (χ2n) is 3.94. The molecule has 0 radical (unpaired) electrons. The van der Waals surface area contributed by atoms with Crippen molar-refractivity contribution in [1.82, 2.24) is 0 Å². The van der Waals surface area contributed by atoms with Crippen molar-refractivity contribution in [2.45, 2.75) is 11.4 Å². The number of hydrogen-bond donors (Lipinski definition) is 0. The maximum Gasteiger partial charge on any atom is 0.387 e. The van der Waals surface area contributed by atoms with Gasteiger partial charge in [0.25, 0.3) is 0 Å². The van der Waals surface area contributed by atoms with E-state index in [4.69, 9.17) is 23.2 Å². The molecule has 0 fully saturated rings. The largest absolute Gasteiger partial charge is 0.434 e. The molecule has 0 saturated carbocycles. The van der Waals surface area contributed by atoms with E-state index in [1.165, 1.54) is 6.07 Å². The summed E-state index contributed by atoms with van der Waals surface area (Å²) in [5, 5.41) is 1.00. The summed E-state index contributed by atoms with van der Waals surface area (Å²) in [5.74, 6) is 0.0976. The zero-order valence-electron chi connectivity index (χ0n) is 9.99. The Labute approximate surface area is 133 Å². The van der Waals surface area contributed by atoms with Crippen LogP contribution in [0.5, 0.6) is 5.75 Å². The maximum absolute atomic E-state index is 12.4. The molecule has 0 aliphatic heterocycles. The van der Waals surface area contributed by atoms with E-state index in [1.807, 2.05) is 0 Å². The van der Waals surface area contributed by atoms with E-state index in [9.17, 15) is 8.78 Å². The Bertz CT molecular complexity index is 607. The molecule has 0 heterocycles. The first-order chi connectivity index (χ1) is 9.49. The Balaban J connectivity index is 2.42. The van der Waals surface area contributed by atoms with E-state index < -0.39 is 11.4 Å². The lowest BCUT2D eigenvalue weighted by molar-refractivity contribution is -0.0503. The molecule has 0 saturated heterocycles. The van der Waals surface area contributed by atoms with Crippen molar-refractivity contribution in [3.05, 3.63) is 63.6 Å². The van der Waals surface area contributed by atoms with Gasteiger partial charge in [0.1, 0.15) is 5.75 Å². The molecule has 0 spiro atoms. The lowest BCUT2D eigenvalue weighted by Gasteiger charge is -2.17. The third kappa shape index (κ3) is 3.62. The molecule has 0 amide bonds. The van der Waals surface area contributed by atoms with Gasteiger partial charge in [0, 0.05) is 15.6 Å². The fourth-order valence-corrected chi connectivity index (χ4v) is 3.07. The molecule has 0 bridgehead atoms. The van der Waals surface area contributed by atoms with Crippen LogP contribution in [0.25, 0.3) is 0 Å². The molecule has 0 aliphatic rings. The topological polar surface area (TPSA) is 9.23 Å². The number of alkyl halides is 3. The molecular formula is C14H9BrCl2F2O. The molecule has 106 valence electrons. The molecule has 0 N–H and O–H groups in total. The number of benzene rings is 2. The SMILES string of the molecule is FC(F)Oc1ccccc1C(Br)c1cc(Cl)ccc1Cl. The highest BCUT2D eigenvalue weighted by atomic mass is 79.9. The smallest absolute Gasteiger partial charge is 0.387 e. The van der Waals surface area contributed by atoms with E-state index in [2.05, 4.69) is 20.7 Å². The van der Waals surface area contributed by atoms with Crippen LogP contribution < -0.4 is 4.74 Å². The predicted molar refractivity (Wildman–Crippen MR) is 80.3 cm³/mol. The van der Waals surface area contributed by atoms with Crippen molar-refractivity contribution in [2.24, 2.45) is 0 Å². The van der Waals surface area contributed by atoms with Gasteiger partial charge >= 0.3 is 6.61 Å². The van der Waals surface area contributed by atoms with Crippen molar-refractivity contribution in [2.75, 3.05) is 0 Å². The van der Waals surface area contributed by atoms with Gasteiger partial charge in [0.05, 0.1) is 4.83 Å². The average Bonchev–Trinajstić information content (AvgIpc) is 2.41. The number of para-hydroxylation sites is 1. The molecule has 0 aliphatic carbocycles. The van der Waals surface area contributed by atoms with Gasteiger partial charge < -0.3 is 4.74 Å². The second-order valence-corrected chi connectivity index (χ2v) is 5.70. The number of ether oxygens (including phenoxy) is 1. The molecule has 6 heteroatoms. The number of halogens is 5.